The molecule has 3 fully saturated rings. The van der Waals surface area contributed by atoms with Crippen LogP contribution in [0.5, 0.6) is 0 Å². The van der Waals surface area contributed by atoms with Crippen LogP contribution in [0.25, 0.3) is 45.0 Å². The fourth-order valence-corrected chi connectivity index (χ4v) is 15.5. The Kier molecular flexibility index (Phi) is 24.4. The van der Waals surface area contributed by atoms with Gasteiger partial charge in [0.25, 0.3) is 0 Å². The molecule has 4 nitrogen and oxygen atoms in total. The smallest absolute Gasteiger partial charge is 0.201 e. The molecule has 0 atom stereocenters. The second-order valence-corrected chi connectivity index (χ2v) is 33.6. The molecule has 11 rings (SSSR count). The summed E-state index contributed by atoms with van der Waals surface area (Å²) in [5.41, 5.74) is 29.8. The second kappa shape index (κ2) is 31.4. The molecule has 0 N–H and O–H groups in total. The summed E-state index contributed by atoms with van der Waals surface area (Å²) in [4.78, 5) is 0. The summed E-state index contributed by atoms with van der Waals surface area (Å²) in [6, 6.07) is 44.8. The van der Waals surface area contributed by atoms with Crippen LogP contribution in [-0.2, 0) is 60.3 Å². The van der Waals surface area contributed by atoms with E-state index in [0.717, 1.165) is 49.9 Å². The van der Waals surface area contributed by atoms with E-state index in [2.05, 4.69) is 310 Å². The van der Waals surface area contributed by atoms with Crippen molar-refractivity contribution in [3.05, 3.63) is 213 Å². The van der Waals surface area contributed by atoms with Crippen LogP contribution in [0.3, 0.4) is 0 Å². The zero-order valence-corrected chi connectivity index (χ0v) is 62.4. The van der Waals surface area contributed by atoms with Crippen LogP contribution in [-0.4, -0.2) is 0 Å². The maximum atomic E-state index is 2.50. The summed E-state index contributed by atoms with van der Waals surface area (Å²) in [7, 11) is 8.77. The van der Waals surface area contributed by atoms with Gasteiger partial charge in [0.1, 0.15) is 28.2 Å². The Morgan fingerprint density at radius 2 is 0.559 bits per heavy atom. The molecule has 3 aliphatic rings. The summed E-state index contributed by atoms with van der Waals surface area (Å²) in [5, 5.41) is 0. The van der Waals surface area contributed by atoms with Crippen LogP contribution >= 0.6 is 0 Å². The van der Waals surface area contributed by atoms with Gasteiger partial charge in [-0.1, -0.05) is 201 Å². The highest BCUT2D eigenvalue weighted by Gasteiger charge is 2.31. The lowest BCUT2D eigenvalue weighted by molar-refractivity contribution is -0.661. The van der Waals surface area contributed by atoms with Crippen molar-refractivity contribution < 1.29 is 18.3 Å². The fourth-order valence-electron chi connectivity index (χ4n) is 15.5. The average Bonchev–Trinajstić information content (AvgIpc) is 1.56. The van der Waals surface area contributed by atoms with Crippen molar-refractivity contribution in [3.63, 3.8) is 0 Å². The minimum atomic E-state index is 0.287. The van der Waals surface area contributed by atoms with Crippen molar-refractivity contribution >= 4 is 0 Å². The van der Waals surface area contributed by atoms with E-state index < -0.39 is 0 Å². The molecule has 0 spiro atoms. The van der Waals surface area contributed by atoms with E-state index in [1.807, 2.05) is 0 Å². The molecule has 8 aromatic rings. The maximum Gasteiger partial charge on any atom is 0.212 e. The predicted molar refractivity (Wildman–Crippen MR) is 397 cm³/mol. The molecular weight excluding hydrogens is 1130 g/mol. The van der Waals surface area contributed by atoms with Gasteiger partial charge in [-0.25, -0.2) is 18.3 Å². The Balaban J connectivity index is 0.000000159. The normalized spacial score (nSPS) is 14.9. The highest BCUT2D eigenvalue weighted by Crippen LogP contribution is 2.42. The zero-order chi connectivity index (χ0) is 67.6. The molecule has 3 aliphatic carbocycles. The zero-order valence-electron chi connectivity index (χ0n) is 62.4. The van der Waals surface area contributed by atoms with Crippen molar-refractivity contribution in [1.29, 1.82) is 0 Å². The molecular formula is C89H124N4+4. The number of hydrogen-bond donors (Lipinski definition) is 0. The second-order valence-electron chi connectivity index (χ2n) is 33.6. The van der Waals surface area contributed by atoms with E-state index >= 15 is 0 Å². The van der Waals surface area contributed by atoms with Gasteiger partial charge in [0.2, 0.25) is 22.8 Å². The van der Waals surface area contributed by atoms with Crippen LogP contribution in [0.4, 0.5) is 0 Å². The van der Waals surface area contributed by atoms with Crippen LogP contribution in [0.15, 0.2) is 146 Å². The summed E-state index contributed by atoms with van der Waals surface area (Å²) in [6.45, 7) is 39.2. The number of hydrogen-bond acceptors (Lipinski definition) is 0. The lowest BCUT2D eigenvalue weighted by Crippen LogP contribution is -2.33. The average molecular weight is 1250 g/mol. The van der Waals surface area contributed by atoms with Crippen LogP contribution < -0.4 is 18.3 Å². The van der Waals surface area contributed by atoms with E-state index in [1.165, 1.54) is 161 Å². The third-order valence-electron chi connectivity index (χ3n) is 20.0. The Labute approximate surface area is 567 Å². The molecule has 0 bridgehead atoms. The van der Waals surface area contributed by atoms with Crippen molar-refractivity contribution in [2.24, 2.45) is 49.9 Å². The Bertz CT molecular complexity index is 3770. The maximum absolute atomic E-state index is 2.50. The largest absolute Gasteiger partial charge is 0.212 e. The molecule has 4 heteroatoms. The topological polar surface area (TPSA) is 15.5 Å². The molecule has 0 aliphatic heterocycles. The van der Waals surface area contributed by atoms with Gasteiger partial charge in [0.15, 0.2) is 24.8 Å². The SMILES string of the molecule is CCc1c[n+](C)c(-c2ccccc2C)cc1C1CCCC1.Cc1ccccc1-c1cc(C2CCCC2)c(CC(C)(C)C)c[n+]1C.Cc1ccccc1-c1cc(CC(C)(C)C)c(C2CCCC2)c[n+]1C.Cc1ccccc1-c1cc(CC(C)(C)C)c(CC(C)(C)C)c[n+]1C. The van der Waals surface area contributed by atoms with Crippen LogP contribution in [0.2, 0.25) is 0 Å². The van der Waals surface area contributed by atoms with Crippen molar-refractivity contribution in [3.8, 4) is 45.0 Å². The van der Waals surface area contributed by atoms with Crippen molar-refractivity contribution in [2.75, 3.05) is 0 Å². The van der Waals surface area contributed by atoms with Gasteiger partial charge < -0.3 is 0 Å². The van der Waals surface area contributed by atoms with Gasteiger partial charge in [-0.2, -0.15) is 0 Å². The van der Waals surface area contributed by atoms with E-state index in [0.29, 0.717) is 16.2 Å². The minimum Gasteiger partial charge on any atom is -0.201 e. The number of rotatable bonds is 12. The molecule has 496 valence electrons. The lowest BCUT2D eigenvalue weighted by atomic mass is 9.81. The van der Waals surface area contributed by atoms with Gasteiger partial charge in [-0.15, -0.1) is 0 Å². The molecule has 0 unspecified atom stereocenters. The van der Waals surface area contributed by atoms with Crippen molar-refractivity contribution in [1.82, 2.24) is 0 Å². The Morgan fingerprint density at radius 3 is 0.903 bits per heavy atom. The van der Waals surface area contributed by atoms with Crippen LogP contribution in [0, 0.1) is 49.4 Å². The van der Waals surface area contributed by atoms with Crippen LogP contribution in [0.1, 0.15) is 252 Å². The number of aryl methyl sites for hydroxylation is 9. The molecule has 3 saturated carbocycles. The highest BCUT2D eigenvalue weighted by atomic mass is 14.9. The molecule has 4 heterocycles. The van der Waals surface area contributed by atoms with E-state index in [1.54, 1.807) is 27.8 Å². The molecule has 0 saturated heterocycles. The van der Waals surface area contributed by atoms with Gasteiger partial charge >= 0.3 is 0 Å². The first-order valence-electron chi connectivity index (χ1n) is 36.2. The summed E-state index contributed by atoms with van der Waals surface area (Å²) in [5.74, 6) is 2.30. The summed E-state index contributed by atoms with van der Waals surface area (Å²) < 4.78 is 9.29. The summed E-state index contributed by atoms with van der Waals surface area (Å²) >= 11 is 0. The molecule has 0 radical (unpaired) electrons. The standard InChI is InChI=1S/2C23H32N.C23H34N.C20H26N/c1-17-10-6-9-13-20(17)22-14-21(18-11-7-8-12-18)19(16-24(22)5)15-23(2,3)4;1-17-10-6-9-13-20(17)22-14-19(15-23(2,3)4)21(16-24(22)5)18-11-7-8-12-18;1-17-11-9-10-12-20(17)21-13-18(14-22(2,3)4)19(16-24(21)8)15-23(5,6)7;1-4-16-14-21(3)20(18-12-8-5-9-15(18)2)13-19(16)17-10-6-7-11-17/h2*6,9-10,13-14,16,18H,7-8,11-12,15H2,1-5H3;9-13,16H,14-15H2,1-8H3;5,8-9,12-14,17H,4,6-7,10-11H2,1-3H3/q4*+1. The first-order chi connectivity index (χ1) is 43.9. The lowest BCUT2D eigenvalue weighted by Gasteiger charge is -2.24. The summed E-state index contributed by atoms with van der Waals surface area (Å²) in [6.07, 6.45) is 31.7. The number of pyridine rings is 4. The molecule has 4 aromatic carbocycles. The first-order valence-corrected chi connectivity index (χ1v) is 36.2. The quantitative estimate of drug-likeness (QED) is 0.108. The monoisotopic (exact) mass is 1250 g/mol. The first kappa shape index (κ1) is 72.3. The molecule has 4 aromatic heterocycles. The fraction of sp³-hybridized carbons (Fsp3) is 0.506. The third-order valence-corrected chi connectivity index (χ3v) is 20.0. The highest BCUT2D eigenvalue weighted by molar-refractivity contribution is 5.65. The van der Waals surface area contributed by atoms with Gasteiger partial charge in [-0.05, 0) is 207 Å². The number of benzene rings is 4. The van der Waals surface area contributed by atoms with Crippen molar-refractivity contribution in [2.45, 2.75) is 245 Å². The van der Waals surface area contributed by atoms with E-state index in [4.69, 9.17) is 0 Å². The van der Waals surface area contributed by atoms with Gasteiger partial charge in [-0.3, -0.25) is 0 Å². The van der Waals surface area contributed by atoms with Gasteiger partial charge in [0, 0.05) is 68.8 Å². The number of aromatic nitrogens is 4. The number of nitrogens with zero attached hydrogens (tertiary/aromatic N) is 4. The van der Waals surface area contributed by atoms with E-state index in [-0.39, 0.29) is 5.41 Å². The Morgan fingerprint density at radius 1 is 0.301 bits per heavy atom. The van der Waals surface area contributed by atoms with E-state index in [9.17, 15) is 0 Å². The predicted octanol–water partition coefficient (Wildman–Crippen LogP) is 21.8. The third kappa shape index (κ3) is 20.0. The molecule has 0 amide bonds. The minimum absolute atomic E-state index is 0.287. The molecule has 93 heavy (non-hydrogen) atoms. The van der Waals surface area contributed by atoms with Gasteiger partial charge in [0.05, 0.1) is 0 Å². The Hall–Kier alpha value is -6.52.